The first kappa shape index (κ1) is 10.6. The Balaban J connectivity index is 3.97. The molecule has 0 heterocycles. The summed E-state index contributed by atoms with van der Waals surface area (Å²) in [5, 5.41) is 0. The minimum atomic E-state index is -0.392. The van der Waals surface area contributed by atoms with E-state index in [2.05, 4.69) is 4.74 Å². The normalized spacial score (nSPS) is 11.7. The van der Waals surface area contributed by atoms with Gasteiger partial charge in [0.2, 0.25) is 0 Å². The molecule has 0 aliphatic heterocycles. The van der Waals surface area contributed by atoms with Gasteiger partial charge in [-0.25, -0.2) is 4.79 Å². The van der Waals surface area contributed by atoms with E-state index in [1.165, 1.54) is 18.2 Å². The van der Waals surface area contributed by atoms with Crippen LogP contribution in [-0.4, -0.2) is 18.9 Å². The Morgan fingerprint density at radius 3 is 2.58 bits per heavy atom. The Kier molecular flexibility index (Phi) is 5.61. The number of allylic oxidation sites excluding steroid dienone is 3. The van der Waals surface area contributed by atoms with E-state index < -0.39 is 5.97 Å². The highest BCUT2D eigenvalue weighted by Gasteiger charge is 1.91. The number of hydrogen-bond acceptors (Lipinski definition) is 3. The van der Waals surface area contributed by atoms with Crippen molar-refractivity contribution in [1.82, 2.24) is 0 Å². The molecule has 0 bridgehead atoms. The molecule has 0 unspecified atom stereocenters. The van der Waals surface area contributed by atoms with Crippen molar-refractivity contribution in [2.24, 2.45) is 0 Å². The zero-order valence-electron chi connectivity index (χ0n) is 7.24. The lowest BCUT2D eigenvalue weighted by Crippen LogP contribution is -1.98. The molecule has 0 aromatic rings. The number of ether oxygens (including phenoxy) is 1. The van der Waals surface area contributed by atoms with Crippen LogP contribution < -0.4 is 0 Å². The molecule has 0 atom stereocenters. The fourth-order valence-corrected chi connectivity index (χ4v) is 0.553. The summed E-state index contributed by atoms with van der Waals surface area (Å²) in [4.78, 5) is 20.7. The van der Waals surface area contributed by atoms with E-state index in [-0.39, 0.29) is 0 Å². The van der Waals surface area contributed by atoms with Crippen LogP contribution in [0.3, 0.4) is 0 Å². The first-order chi connectivity index (χ1) is 5.70. The smallest absolute Gasteiger partial charge is 0.330 e. The third-order valence-electron chi connectivity index (χ3n) is 1.10. The zero-order chi connectivity index (χ0) is 9.40. The Morgan fingerprint density at radius 1 is 1.42 bits per heavy atom. The molecule has 0 aliphatic rings. The zero-order valence-corrected chi connectivity index (χ0v) is 7.24. The van der Waals surface area contributed by atoms with Crippen LogP contribution in [0, 0.1) is 0 Å². The summed E-state index contributed by atoms with van der Waals surface area (Å²) in [5.74, 6) is -0.392. The molecule has 0 spiro atoms. The topological polar surface area (TPSA) is 43.4 Å². The minimum Gasteiger partial charge on any atom is -0.463 e. The van der Waals surface area contributed by atoms with Crippen LogP contribution in [-0.2, 0) is 14.3 Å². The van der Waals surface area contributed by atoms with E-state index in [0.29, 0.717) is 12.9 Å². The van der Waals surface area contributed by atoms with Gasteiger partial charge in [0.05, 0.1) is 6.61 Å². The molecule has 0 saturated carbocycles. The van der Waals surface area contributed by atoms with Gasteiger partial charge in [0.15, 0.2) is 0 Å². The molecule has 0 rings (SSSR count). The summed E-state index contributed by atoms with van der Waals surface area (Å²) in [6.45, 7) is 3.82. The van der Waals surface area contributed by atoms with Gasteiger partial charge < -0.3 is 4.74 Å². The van der Waals surface area contributed by atoms with Crippen LogP contribution in [0.4, 0.5) is 0 Å². The highest BCUT2D eigenvalue weighted by atomic mass is 16.5. The van der Waals surface area contributed by atoms with Crippen molar-refractivity contribution in [2.75, 3.05) is 6.61 Å². The molecule has 12 heavy (non-hydrogen) atoms. The fraction of sp³-hybridized carbons (Fsp3) is 0.333. The number of carbonyl (C=O) groups is 2. The third kappa shape index (κ3) is 5.41. The molecule has 0 fully saturated rings. The predicted molar refractivity (Wildman–Crippen MR) is 45.6 cm³/mol. The summed E-state index contributed by atoms with van der Waals surface area (Å²) in [6.07, 6.45) is 4.87. The van der Waals surface area contributed by atoms with E-state index in [0.717, 1.165) is 5.57 Å². The van der Waals surface area contributed by atoms with Crippen molar-refractivity contribution in [2.45, 2.75) is 13.8 Å². The van der Waals surface area contributed by atoms with Crippen molar-refractivity contribution in [3.8, 4) is 0 Å². The van der Waals surface area contributed by atoms with E-state index in [1.807, 2.05) is 0 Å². The first-order valence-electron chi connectivity index (χ1n) is 3.67. The van der Waals surface area contributed by atoms with Crippen LogP contribution in [0.15, 0.2) is 23.8 Å². The van der Waals surface area contributed by atoms with Gasteiger partial charge in [-0.1, -0.05) is 6.08 Å². The highest BCUT2D eigenvalue weighted by molar-refractivity contribution is 5.82. The van der Waals surface area contributed by atoms with Gasteiger partial charge in [-0.15, -0.1) is 0 Å². The molecular weight excluding hydrogens is 156 g/mol. The average Bonchev–Trinajstić information content (AvgIpc) is 2.02. The monoisotopic (exact) mass is 168 g/mol. The minimum absolute atomic E-state index is 0.361. The van der Waals surface area contributed by atoms with Crippen molar-refractivity contribution < 1.29 is 14.3 Å². The maximum Gasteiger partial charge on any atom is 0.330 e. The molecule has 0 N–H and O–H groups in total. The Bertz CT molecular complexity index is 214. The molecule has 3 heteroatoms. The van der Waals surface area contributed by atoms with E-state index in [9.17, 15) is 9.59 Å². The van der Waals surface area contributed by atoms with Gasteiger partial charge in [-0.2, -0.15) is 0 Å². The lowest BCUT2D eigenvalue weighted by atomic mass is 10.2. The van der Waals surface area contributed by atoms with E-state index >= 15 is 0 Å². The molecule has 0 aromatic heterocycles. The molecule has 0 saturated heterocycles. The highest BCUT2D eigenvalue weighted by Crippen LogP contribution is 1.93. The van der Waals surface area contributed by atoms with Crippen molar-refractivity contribution >= 4 is 12.3 Å². The maximum atomic E-state index is 10.7. The third-order valence-corrected chi connectivity index (χ3v) is 1.10. The Morgan fingerprint density at radius 2 is 2.08 bits per heavy atom. The second-order valence-electron chi connectivity index (χ2n) is 2.13. The summed E-state index contributed by atoms with van der Waals surface area (Å²) >= 11 is 0. The molecule has 0 radical (unpaired) electrons. The standard InChI is InChI=1S/C9H12O3/c1-3-12-9(11)5-4-8(2)6-7-10/h4-7H,3H2,1-2H3. The summed E-state index contributed by atoms with van der Waals surface area (Å²) < 4.78 is 4.63. The quantitative estimate of drug-likeness (QED) is 0.274. The summed E-state index contributed by atoms with van der Waals surface area (Å²) in [7, 11) is 0. The second kappa shape index (κ2) is 6.34. The van der Waals surface area contributed by atoms with Gasteiger partial charge in [0.1, 0.15) is 6.29 Å². The van der Waals surface area contributed by atoms with Crippen molar-refractivity contribution in [3.05, 3.63) is 23.8 Å². The molecule has 0 aromatic carbocycles. The van der Waals surface area contributed by atoms with Crippen LogP contribution in [0.5, 0.6) is 0 Å². The molecule has 66 valence electrons. The van der Waals surface area contributed by atoms with Gasteiger partial charge >= 0.3 is 5.97 Å². The SMILES string of the molecule is CCOC(=O)C=CC(C)=CC=O. The average molecular weight is 168 g/mol. The van der Waals surface area contributed by atoms with Crippen LogP contribution in [0.1, 0.15) is 13.8 Å². The van der Waals surface area contributed by atoms with Crippen LogP contribution >= 0.6 is 0 Å². The number of aldehydes is 1. The van der Waals surface area contributed by atoms with Crippen LogP contribution in [0.25, 0.3) is 0 Å². The Hall–Kier alpha value is -1.38. The van der Waals surface area contributed by atoms with Crippen molar-refractivity contribution in [1.29, 1.82) is 0 Å². The van der Waals surface area contributed by atoms with Crippen molar-refractivity contribution in [3.63, 3.8) is 0 Å². The molecule has 3 nitrogen and oxygen atoms in total. The van der Waals surface area contributed by atoms with E-state index in [4.69, 9.17) is 0 Å². The van der Waals surface area contributed by atoms with Gasteiger partial charge in [-0.3, -0.25) is 4.79 Å². The lowest BCUT2D eigenvalue weighted by molar-refractivity contribution is -0.137. The number of rotatable bonds is 4. The van der Waals surface area contributed by atoms with Gasteiger partial charge in [0, 0.05) is 6.08 Å². The van der Waals surface area contributed by atoms with Crippen LogP contribution in [0.2, 0.25) is 0 Å². The number of carbonyl (C=O) groups excluding carboxylic acids is 2. The maximum absolute atomic E-state index is 10.7. The Labute approximate surface area is 71.7 Å². The second-order valence-corrected chi connectivity index (χ2v) is 2.13. The lowest BCUT2D eigenvalue weighted by Gasteiger charge is -1.93. The predicted octanol–water partition coefficient (Wildman–Crippen LogP) is 1.25. The number of esters is 1. The van der Waals surface area contributed by atoms with Gasteiger partial charge in [-0.05, 0) is 25.5 Å². The summed E-state index contributed by atoms with van der Waals surface area (Å²) in [6, 6.07) is 0. The molecule has 0 aliphatic carbocycles. The first-order valence-corrected chi connectivity index (χ1v) is 3.67. The summed E-state index contributed by atoms with van der Waals surface area (Å²) in [5.41, 5.74) is 0.720. The van der Waals surface area contributed by atoms with Gasteiger partial charge in [0.25, 0.3) is 0 Å². The molecule has 0 amide bonds. The fourth-order valence-electron chi connectivity index (χ4n) is 0.553. The molecular formula is C9H12O3. The number of hydrogen-bond donors (Lipinski definition) is 0. The van der Waals surface area contributed by atoms with E-state index in [1.54, 1.807) is 13.8 Å². The largest absolute Gasteiger partial charge is 0.463 e.